The summed E-state index contributed by atoms with van der Waals surface area (Å²) in [7, 11) is 3.58. The number of hydrogen-bond acceptors (Lipinski definition) is 5. The summed E-state index contributed by atoms with van der Waals surface area (Å²) < 4.78 is 0. The van der Waals surface area contributed by atoms with Gasteiger partial charge in [0.15, 0.2) is 0 Å². The Morgan fingerprint density at radius 3 is 2.54 bits per heavy atom. The monoisotopic (exact) mass is 402 g/mol. The SMILES string of the molecule is CCc1ncc(CN(C)C(C)C(=O)N(C)CC(=O)Nc2ccccc2CC)s1. The van der Waals surface area contributed by atoms with E-state index in [4.69, 9.17) is 0 Å². The van der Waals surface area contributed by atoms with E-state index in [1.54, 1.807) is 18.4 Å². The van der Waals surface area contributed by atoms with E-state index in [9.17, 15) is 9.59 Å². The number of hydrogen-bond donors (Lipinski definition) is 1. The highest BCUT2D eigenvalue weighted by Gasteiger charge is 2.23. The van der Waals surface area contributed by atoms with E-state index in [0.717, 1.165) is 34.0 Å². The van der Waals surface area contributed by atoms with Crippen molar-refractivity contribution < 1.29 is 9.59 Å². The number of anilines is 1. The topological polar surface area (TPSA) is 65.5 Å². The maximum atomic E-state index is 12.7. The van der Waals surface area contributed by atoms with Gasteiger partial charge in [0.1, 0.15) is 0 Å². The van der Waals surface area contributed by atoms with Crippen LogP contribution in [0.3, 0.4) is 0 Å². The third-order valence-corrected chi connectivity index (χ3v) is 5.88. The molecule has 1 aromatic heterocycles. The number of aromatic nitrogens is 1. The maximum Gasteiger partial charge on any atom is 0.243 e. The van der Waals surface area contributed by atoms with Gasteiger partial charge in [0, 0.05) is 30.4 Å². The molecule has 1 heterocycles. The van der Waals surface area contributed by atoms with Crippen LogP contribution in [0.25, 0.3) is 0 Å². The number of aryl methyl sites for hydroxylation is 2. The molecule has 28 heavy (non-hydrogen) atoms. The number of carbonyl (C=O) groups excluding carboxylic acids is 2. The second-order valence-corrected chi connectivity index (χ2v) is 8.12. The first-order valence-corrected chi connectivity index (χ1v) is 10.4. The second-order valence-electron chi connectivity index (χ2n) is 6.92. The van der Waals surface area contributed by atoms with Crippen molar-refractivity contribution in [3.05, 3.63) is 45.9 Å². The molecule has 2 aromatic rings. The molecule has 0 saturated heterocycles. The van der Waals surface area contributed by atoms with E-state index >= 15 is 0 Å². The van der Waals surface area contributed by atoms with E-state index in [0.29, 0.717) is 6.54 Å². The fourth-order valence-electron chi connectivity index (χ4n) is 2.91. The smallest absolute Gasteiger partial charge is 0.243 e. The Bertz CT molecular complexity index is 805. The van der Waals surface area contributed by atoms with Crippen LogP contribution in [0.2, 0.25) is 0 Å². The molecule has 0 aliphatic heterocycles. The van der Waals surface area contributed by atoms with Gasteiger partial charge in [-0.2, -0.15) is 0 Å². The van der Waals surface area contributed by atoms with E-state index in [-0.39, 0.29) is 24.4 Å². The lowest BCUT2D eigenvalue weighted by atomic mass is 10.1. The van der Waals surface area contributed by atoms with E-state index in [1.165, 1.54) is 4.90 Å². The minimum atomic E-state index is -0.326. The highest BCUT2D eigenvalue weighted by molar-refractivity contribution is 7.11. The van der Waals surface area contributed by atoms with Crippen molar-refractivity contribution in [3.8, 4) is 0 Å². The summed E-state index contributed by atoms with van der Waals surface area (Å²) in [4.78, 5) is 34.1. The summed E-state index contributed by atoms with van der Waals surface area (Å²) in [5.74, 6) is -0.275. The molecule has 1 atom stereocenters. The summed E-state index contributed by atoms with van der Waals surface area (Å²) >= 11 is 1.67. The van der Waals surface area contributed by atoms with Gasteiger partial charge in [0.25, 0.3) is 0 Å². The van der Waals surface area contributed by atoms with E-state index in [1.807, 2.05) is 56.3 Å². The van der Waals surface area contributed by atoms with Crippen LogP contribution in [0.15, 0.2) is 30.5 Å². The molecular formula is C21H30N4O2S. The molecule has 1 aromatic carbocycles. The molecule has 0 radical (unpaired) electrons. The molecule has 6 nitrogen and oxygen atoms in total. The quantitative estimate of drug-likeness (QED) is 0.700. The Labute approximate surface area is 171 Å². The van der Waals surface area contributed by atoms with Crippen LogP contribution < -0.4 is 5.32 Å². The number of thiazole rings is 1. The van der Waals surface area contributed by atoms with Crippen LogP contribution in [-0.4, -0.2) is 53.3 Å². The third-order valence-electron chi connectivity index (χ3n) is 4.76. The van der Waals surface area contributed by atoms with Crippen LogP contribution in [0, 0.1) is 0 Å². The summed E-state index contributed by atoms with van der Waals surface area (Å²) in [6.45, 7) is 6.68. The first-order valence-electron chi connectivity index (χ1n) is 9.62. The standard InChI is InChI=1S/C21H30N4O2S/c1-6-16-10-8-9-11-18(16)23-19(26)14-25(5)21(27)15(3)24(4)13-17-12-22-20(7-2)28-17/h8-12,15H,6-7,13-14H2,1-5H3,(H,23,26). The summed E-state index contributed by atoms with van der Waals surface area (Å²) in [5.41, 5.74) is 1.88. The first-order chi connectivity index (χ1) is 13.3. The maximum absolute atomic E-state index is 12.7. The first kappa shape index (κ1) is 22.0. The Morgan fingerprint density at radius 1 is 1.18 bits per heavy atom. The van der Waals surface area contributed by atoms with E-state index < -0.39 is 0 Å². The fourth-order valence-corrected chi connectivity index (χ4v) is 3.83. The second kappa shape index (κ2) is 10.3. The average Bonchev–Trinajstić information content (AvgIpc) is 3.14. The molecule has 152 valence electrons. The zero-order valence-corrected chi connectivity index (χ0v) is 18.2. The highest BCUT2D eigenvalue weighted by Crippen LogP contribution is 2.17. The van der Waals surface area contributed by atoms with Crippen molar-refractivity contribution in [3.63, 3.8) is 0 Å². The average molecular weight is 403 g/mol. The van der Waals surface area contributed by atoms with Gasteiger partial charge >= 0.3 is 0 Å². The summed E-state index contributed by atoms with van der Waals surface area (Å²) in [6, 6.07) is 7.39. The van der Waals surface area contributed by atoms with Crippen LogP contribution in [0.1, 0.15) is 36.2 Å². The van der Waals surface area contributed by atoms with Crippen molar-refractivity contribution in [2.45, 2.75) is 46.2 Å². The highest BCUT2D eigenvalue weighted by atomic mass is 32.1. The van der Waals surface area contributed by atoms with Crippen LogP contribution in [-0.2, 0) is 29.0 Å². The molecule has 1 unspecified atom stereocenters. The zero-order valence-electron chi connectivity index (χ0n) is 17.4. The lowest BCUT2D eigenvalue weighted by Gasteiger charge is -2.27. The van der Waals surface area contributed by atoms with Gasteiger partial charge in [-0.3, -0.25) is 14.5 Å². The molecule has 0 spiro atoms. The number of likely N-dealkylation sites (N-methyl/N-ethyl adjacent to an activating group) is 2. The predicted molar refractivity (Wildman–Crippen MR) is 115 cm³/mol. The van der Waals surface area contributed by atoms with Crippen LogP contribution in [0.4, 0.5) is 5.69 Å². The number of nitrogens with one attached hydrogen (secondary N) is 1. The van der Waals surface area contributed by atoms with Crippen LogP contribution in [0.5, 0.6) is 0 Å². The van der Waals surface area contributed by atoms with Crippen LogP contribution >= 0.6 is 11.3 Å². The lowest BCUT2D eigenvalue weighted by Crippen LogP contribution is -2.46. The van der Waals surface area contributed by atoms with Gasteiger partial charge in [0.2, 0.25) is 11.8 Å². The number of rotatable bonds is 9. The van der Waals surface area contributed by atoms with Gasteiger partial charge in [-0.15, -0.1) is 11.3 Å². The Morgan fingerprint density at radius 2 is 1.89 bits per heavy atom. The van der Waals surface area contributed by atoms with Crippen molar-refractivity contribution >= 4 is 28.8 Å². The minimum absolute atomic E-state index is 0.0234. The van der Waals surface area contributed by atoms with Gasteiger partial charge in [-0.05, 0) is 38.4 Å². The molecule has 2 rings (SSSR count). The molecule has 0 saturated carbocycles. The molecule has 1 N–H and O–H groups in total. The summed E-state index contributed by atoms with van der Waals surface area (Å²) in [6.07, 6.45) is 3.63. The van der Waals surface area contributed by atoms with Crippen molar-refractivity contribution in [1.82, 2.24) is 14.8 Å². The summed E-state index contributed by atoms with van der Waals surface area (Å²) in [5, 5.41) is 4.01. The number of nitrogens with zero attached hydrogens (tertiary/aromatic N) is 3. The molecule has 0 fully saturated rings. The molecular weight excluding hydrogens is 372 g/mol. The van der Waals surface area contributed by atoms with Crippen molar-refractivity contribution in [2.75, 3.05) is 26.0 Å². The largest absolute Gasteiger partial charge is 0.335 e. The Hall–Kier alpha value is -2.25. The number of benzene rings is 1. The molecule has 7 heteroatoms. The molecule has 0 aliphatic rings. The number of para-hydroxylation sites is 1. The van der Waals surface area contributed by atoms with E-state index in [2.05, 4.69) is 17.2 Å². The lowest BCUT2D eigenvalue weighted by molar-refractivity contribution is -0.137. The molecule has 0 bridgehead atoms. The third kappa shape index (κ3) is 5.87. The molecule has 2 amide bonds. The van der Waals surface area contributed by atoms with Crippen molar-refractivity contribution in [1.29, 1.82) is 0 Å². The minimum Gasteiger partial charge on any atom is -0.335 e. The Kier molecular flexibility index (Phi) is 8.14. The normalized spacial score (nSPS) is 12.1. The number of amides is 2. The van der Waals surface area contributed by atoms with Crippen molar-refractivity contribution in [2.24, 2.45) is 0 Å². The number of carbonyl (C=O) groups is 2. The predicted octanol–water partition coefficient (Wildman–Crippen LogP) is 3.19. The van der Waals surface area contributed by atoms with Gasteiger partial charge in [-0.1, -0.05) is 32.0 Å². The zero-order chi connectivity index (χ0) is 20.7. The molecule has 0 aliphatic carbocycles. The van der Waals surface area contributed by atoms with Gasteiger partial charge in [0.05, 0.1) is 17.6 Å². The fraction of sp³-hybridized carbons (Fsp3) is 0.476. The van der Waals surface area contributed by atoms with Gasteiger partial charge < -0.3 is 10.2 Å². The van der Waals surface area contributed by atoms with Gasteiger partial charge in [-0.25, -0.2) is 4.98 Å². The Balaban J connectivity index is 1.90.